The van der Waals surface area contributed by atoms with E-state index in [9.17, 15) is 26.4 Å². The number of nitrogens with zero attached hydrogens (tertiary/aromatic N) is 2. The normalized spacial score (nSPS) is 12.0. The Balaban J connectivity index is 1.63. The number of hydrogen-bond acceptors (Lipinski definition) is 7. The molecule has 0 bridgehead atoms. The summed E-state index contributed by atoms with van der Waals surface area (Å²) in [5.74, 6) is 0.0372. The van der Waals surface area contributed by atoms with Crippen LogP contribution in [0.3, 0.4) is 0 Å². The number of rotatable bonds is 6. The van der Waals surface area contributed by atoms with Crippen LogP contribution in [0.25, 0.3) is 0 Å². The van der Waals surface area contributed by atoms with Gasteiger partial charge in [0.25, 0.3) is 15.7 Å². The van der Waals surface area contributed by atoms with Crippen molar-refractivity contribution in [3.8, 4) is 0 Å². The van der Waals surface area contributed by atoms with Crippen LogP contribution in [0.15, 0.2) is 63.8 Å². The lowest BCUT2D eigenvalue weighted by Crippen LogP contribution is -2.23. The highest BCUT2D eigenvalue weighted by Crippen LogP contribution is 2.31. The van der Waals surface area contributed by atoms with Crippen molar-refractivity contribution in [3.05, 3.63) is 65.7 Å². The van der Waals surface area contributed by atoms with E-state index in [1.54, 1.807) is 0 Å². The number of alkyl halides is 3. The maximum Gasteiger partial charge on any atom is 0.501 e. The van der Waals surface area contributed by atoms with Gasteiger partial charge in [-0.25, -0.2) is 8.42 Å². The first-order valence-electron chi connectivity index (χ1n) is 7.90. The first kappa shape index (κ1) is 21.3. The molecule has 29 heavy (non-hydrogen) atoms. The number of aromatic nitrogens is 2. The molecule has 0 fully saturated rings. The maximum atomic E-state index is 12.6. The number of benzene rings is 2. The van der Waals surface area contributed by atoms with Crippen LogP contribution >= 0.6 is 23.1 Å². The highest BCUT2D eigenvalue weighted by Gasteiger charge is 2.46. The average Bonchev–Trinajstić information content (AvgIpc) is 3.13. The summed E-state index contributed by atoms with van der Waals surface area (Å²) in [4.78, 5) is 11.3. The van der Waals surface area contributed by atoms with Crippen LogP contribution in [0.4, 0.5) is 18.3 Å². The highest BCUT2D eigenvalue weighted by atomic mass is 32.2. The van der Waals surface area contributed by atoms with Crippen molar-refractivity contribution in [2.24, 2.45) is 0 Å². The molecule has 152 valence electrons. The van der Waals surface area contributed by atoms with Crippen LogP contribution in [-0.2, 0) is 15.6 Å². The van der Waals surface area contributed by atoms with E-state index in [0.29, 0.717) is 10.1 Å². The summed E-state index contributed by atoms with van der Waals surface area (Å²) in [6, 6.07) is 13.2. The van der Waals surface area contributed by atoms with Gasteiger partial charge >= 0.3 is 5.51 Å². The van der Waals surface area contributed by atoms with Crippen LogP contribution in [-0.4, -0.2) is 30.0 Å². The summed E-state index contributed by atoms with van der Waals surface area (Å²) in [7, 11) is -5.46. The zero-order chi connectivity index (χ0) is 21.1. The van der Waals surface area contributed by atoms with Crippen molar-refractivity contribution < 1.29 is 26.4 Å². The zero-order valence-corrected chi connectivity index (χ0v) is 16.8. The number of carbonyl (C=O) groups excluding carboxylic acids is 1. The van der Waals surface area contributed by atoms with Crippen molar-refractivity contribution in [2.75, 3.05) is 5.32 Å². The third-order valence-electron chi connectivity index (χ3n) is 3.56. The first-order valence-corrected chi connectivity index (χ1v) is 11.2. The van der Waals surface area contributed by atoms with Gasteiger partial charge in [0.15, 0.2) is 4.34 Å². The number of halogens is 3. The van der Waals surface area contributed by atoms with Crippen molar-refractivity contribution >= 4 is 44.0 Å². The molecule has 0 spiro atoms. The molecule has 3 aromatic rings. The number of sulfone groups is 1. The van der Waals surface area contributed by atoms with Gasteiger partial charge in [0.05, 0.1) is 4.90 Å². The van der Waals surface area contributed by atoms with Crippen LogP contribution in [0.2, 0.25) is 0 Å². The van der Waals surface area contributed by atoms with E-state index in [1.807, 2.05) is 30.3 Å². The Hall–Kier alpha value is -2.44. The Morgan fingerprint density at radius 1 is 1.03 bits per heavy atom. The fourth-order valence-electron chi connectivity index (χ4n) is 2.13. The first-order chi connectivity index (χ1) is 13.7. The van der Waals surface area contributed by atoms with Crippen LogP contribution in [0.1, 0.15) is 15.9 Å². The third kappa shape index (κ3) is 5.14. The number of carbonyl (C=O) groups is 1. The topological polar surface area (TPSA) is 89.0 Å². The predicted octanol–water partition coefficient (Wildman–Crippen LogP) is 4.38. The van der Waals surface area contributed by atoms with Crippen LogP contribution in [0, 0.1) is 0 Å². The van der Waals surface area contributed by atoms with Gasteiger partial charge in [0.1, 0.15) is 0 Å². The number of anilines is 1. The molecular weight excluding hydrogens is 447 g/mol. The standard InChI is InChI=1S/C17H12F3N3O3S3/c18-17(19,20)29(25,26)13-8-6-12(7-9-13)14(24)21-15-22-23-16(28-15)27-10-11-4-2-1-3-5-11/h1-9H,10H2,(H,21,22,24). The second-order valence-corrected chi connectivity index (χ2v) is 9.72. The molecule has 0 aliphatic rings. The Morgan fingerprint density at radius 3 is 2.31 bits per heavy atom. The van der Waals surface area contributed by atoms with E-state index < -0.39 is 26.1 Å². The van der Waals surface area contributed by atoms with Gasteiger partial charge in [-0.2, -0.15) is 13.2 Å². The molecule has 0 atom stereocenters. The molecule has 1 aromatic heterocycles. The molecule has 2 aromatic carbocycles. The van der Waals surface area contributed by atoms with Gasteiger partial charge in [-0.1, -0.05) is 53.4 Å². The molecule has 0 saturated carbocycles. The third-order valence-corrected chi connectivity index (χ3v) is 7.11. The second kappa shape index (κ2) is 8.51. The van der Waals surface area contributed by atoms with E-state index in [-0.39, 0.29) is 10.7 Å². The Labute approximate surface area is 172 Å². The van der Waals surface area contributed by atoms with Gasteiger partial charge in [-0.05, 0) is 29.8 Å². The molecule has 1 heterocycles. The summed E-state index contributed by atoms with van der Waals surface area (Å²) >= 11 is 2.59. The van der Waals surface area contributed by atoms with Gasteiger partial charge in [0, 0.05) is 11.3 Å². The maximum absolute atomic E-state index is 12.6. The number of thioether (sulfide) groups is 1. The Bertz CT molecular complexity index is 1100. The molecule has 1 N–H and O–H groups in total. The minimum absolute atomic E-state index is 0.0141. The van der Waals surface area contributed by atoms with Gasteiger partial charge in [-0.3, -0.25) is 10.1 Å². The zero-order valence-electron chi connectivity index (χ0n) is 14.4. The lowest BCUT2D eigenvalue weighted by atomic mass is 10.2. The van der Waals surface area contributed by atoms with E-state index in [1.165, 1.54) is 11.8 Å². The van der Waals surface area contributed by atoms with Gasteiger partial charge in [0.2, 0.25) is 5.13 Å². The Kier molecular flexibility index (Phi) is 6.24. The molecule has 3 rings (SSSR count). The minimum Gasteiger partial charge on any atom is -0.296 e. The van der Waals surface area contributed by atoms with E-state index >= 15 is 0 Å². The number of hydrogen-bond donors (Lipinski definition) is 1. The van der Waals surface area contributed by atoms with Crippen molar-refractivity contribution in [3.63, 3.8) is 0 Å². The Morgan fingerprint density at radius 2 is 1.69 bits per heavy atom. The van der Waals surface area contributed by atoms with Crippen LogP contribution < -0.4 is 5.32 Å². The summed E-state index contributed by atoms with van der Waals surface area (Å²) in [5.41, 5.74) is -4.32. The van der Waals surface area contributed by atoms with Crippen molar-refractivity contribution in [1.29, 1.82) is 0 Å². The molecule has 0 unspecified atom stereocenters. The summed E-state index contributed by atoms with van der Waals surface area (Å²) < 4.78 is 61.0. The number of nitrogens with one attached hydrogen (secondary N) is 1. The van der Waals surface area contributed by atoms with Crippen molar-refractivity contribution in [2.45, 2.75) is 20.5 Å². The van der Waals surface area contributed by atoms with E-state index in [2.05, 4.69) is 15.5 Å². The molecule has 0 saturated heterocycles. The van der Waals surface area contributed by atoms with Gasteiger partial charge in [-0.15, -0.1) is 10.2 Å². The molecule has 1 amide bonds. The van der Waals surface area contributed by atoms with Crippen molar-refractivity contribution in [1.82, 2.24) is 10.2 Å². The van der Waals surface area contributed by atoms with E-state index in [4.69, 9.17) is 0 Å². The molecule has 6 nitrogen and oxygen atoms in total. The summed E-state index contributed by atoms with van der Waals surface area (Å²) in [5, 5.41) is 10.5. The molecule has 0 radical (unpaired) electrons. The molecular formula is C17H12F3N3O3S3. The second-order valence-electron chi connectivity index (χ2n) is 5.58. The monoisotopic (exact) mass is 459 g/mol. The number of amides is 1. The SMILES string of the molecule is O=C(Nc1nnc(SCc2ccccc2)s1)c1ccc(S(=O)(=O)C(F)(F)F)cc1. The average molecular weight is 459 g/mol. The van der Waals surface area contributed by atoms with E-state index in [0.717, 1.165) is 41.2 Å². The fraction of sp³-hybridized carbons (Fsp3) is 0.118. The molecule has 0 aliphatic carbocycles. The van der Waals surface area contributed by atoms with Gasteiger partial charge < -0.3 is 0 Å². The predicted molar refractivity (Wildman–Crippen MR) is 104 cm³/mol. The fourth-order valence-corrected chi connectivity index (χ4v) is 4.59. The minimum atomic E-state index is -5.46. The largest absolute Gasteiger partial charge is 0.501 e. The highest BCUT2D eigenvalue weighted by molar-refractivity contribution is 8.00. The quantitative estimate of drug-likeness (QED) is 0.435. The molecule has 0 aliphatic heterocycles. The lowest BCUT2D eigenvalue weighted by Gasteiger charge is -2.08. The summed E-state index contributed by atoms with van der Waals surface area (Å²) in [6.07, 6.45) is 0. The summed E-state index contributed by atoms with van der Waals surface area (Å²) in [6.45, 7) is 0. The molecule has 12 heteroatoms. The van der Waals surface area contributed by atoms with Crippen LogP contribution in [0.5, 0.6) is 0 Å². The lowest BCUT2D eigenvalue weighted by molar-refractivity contribution is -0.0436. The smallest absolute Gasteiger partial charge is 0.296 e.